The number of nitrogens with zero attached hydrogens (tertiary/aromatic N) is 3. The largest absolute Gasteiger partial charge is 0.464 e. The maximum Gasteiger partial charge on any atom is 0.356 e. The molecule has 0 saturated carbocycles. The van der Waals surface area contributed by atoms with Crippen LogP contribution >= 0.6 is 34.8 Å². The molecule has 0 aliphatic carbocycles. The van der Waals surface area contributed by atoms with Crippen molar-refractivity contribution < 1.29 is 9.53 Å². The quantitative estimate of drug-likeness (QED) is 0.625. The minimum atomic E-state index is -0.544. The van der Waals surface area contributed by atoms with Gasteiger partial charge in [-0.3, -0.25) is 0 Å². The van der Waals surface area contributed by atoms with Gasteiger partial charge in [0.2, 0.25) is 0 Å². The highest BCUT2D eigenvalue weighted by atomic mass is 35.5. The van der Waals surface area contributed by atoms with Crippen molar-refractivity contribution >= 4 is 46.4 Å². The van der Waals surface area contributed by atoms with Gasteiger partial charge >= 0.3 is 5.97 Å². The number of aryl methyl sites for hydroxylation is 1. The number of carbonyl (C=O) groups excluding carboxylic acids is 1. The number of hydrogen-bond donors (Lipinski definition) is 0. The number of carbonyl (C=O) groups is 1. The van der Waals surface area contributed by atoms with Crippen LogP contribution in [-0.2, 0) is 4.74 Å². The van der Waals surface area contributed by atoms with Crippen molar-refractivity contribution in [3.63, 3.8) is 0 Å². The molecule has 2 aromatic heterocycles. The Labute approximate surface area is 146 Å². The van der Waals surface area contributed by atoms with Crippen LogP contribution in [0.5, 0.6) is 0 Å². The number of esters is 1. The van der Waals surface area contributed by atoms with E-state index in [9.17, 15) is 4.79 Å². The molecule has 8 heteroatoms. The average Bonchev–Trinajstić information content (AvgIpc) is 2.83. The van der Waals surface area contributed by atoms with Gasteiger partial charge in [0, 0.05) is 5.56 Å². The molecule has 0 unspecified atom stereocenters. The van der Waals surface area contributed by atoms with E-state index in [-0.39, 0.29) is 5.69 Å². The molecular weight excluding hydrogens is 361 g/mol. The monoisotopic (exact) mass is 369 g/mol. The standard InChI is InChI=1S/C15H10Cl3N3O2/c1-7-13(18)14-19-11(8-3-4-9(16)10(17)5-8)6-12(15(22)23-2)21(14)20-7/h3-6H,1-2H3. The fraction of sp³-hybridized carbons (Fsp3) is 0.133. The molecule has 0 bridgehead atoms. The lowest BCUT2D eigenvalue weighted by Crippen LogP contribution is -2.10. The molecule has 23 heavy (non-hydrogen) atoms. The summed E-state index contributed by atoms with van der Waals surface area (Å²) < 4.78 is 6.18. The summed E-state index contributed by atoms with van der Waals surface area (Å²) in [4.78, 5) is 16.5. The van der Waals surface area contributed by atoms with Crippen molar-refractivity contribution in [3.8, 4) is 11.3 Å². The summed E-state index contributed by atoms with van der Waals surface area (Å²) in [5, 5.41) is 5.42. The van der Waals surface area contributed by atoms with Gasteiger partial charge in [-0.05, 0) is 25.1 Å². The van der Waals surface area contributed by atoms with Crippen LogP contribution in [0.25, 0.3) is 16.9 Å². The highest BCUT2D eigenvalue weighted by Gasteiger charge is 2.19. The van der Waals surface area contributed by atoms with Crippen LogP contribution in [0.1, 0.15) is 16.2 Å². The summed E-state index contributed by atoms with van der Waals surface area (Å²) in [7, 11) is 1.30. The lowest BCUT2D eigenvalue weighted by Gasteiger charge is -2.07. The maximum absolute atomic E-state index is 12.1. The predicted molar refractivity (Wildman–Crippen MR) is 89.5 cm³/mol. The first kappa shape index (κ1) is 16.1. The van der Waals surface area contributed by atoms with E-state index in [2.05, 4.69) is 10.1 Å². The fourth-order valence-corrected chi connectivity index (χ4v) is 2.61. The topological polar surface area (TPSA) is 56.5 Å². The van der Waals surface area contributed by atoms with Gasteiger partial charge < -0.3 is 4.74 Å². The van der Waals surface area contributed by atoms with Gasteiger partial charge in [-0.15, -0.1) is 0 Å². The molecule has 0 spiro atoms. The average molecular weight is 371 g/mol. The lowest BCUT2D eigenvalue weighted by molar-refractivity contribution is 0.0590. The molecule has 5 nitrogen and oxygen atoms in total. The summed E-state index contributed by atoms with van der Waals surface area (Å²) >= 11 is 18.2. The van der Waals surface area contributed by atoms with E-state index in [1.165, 1.54) is 11.6 Å². The number of aromatic nitrogens is 3. The number of ether oxygens (including phenoxy) is 1. The Balaban J connectivity index is 2.31. The molecule has 118 valence electrons. The zero-order valence-electron chi connectivity index (χ0n) is 12.1. The Bertz CT molecular complexity index is 937. The van der Waals surface area contributed by atoms with Crippen LogP contribution in [0.3, 0.4) is 0 Å². The minimum Gasteiger partial charge on any atom is -0.464 e. The number of hydrogen-bond acceptors (Lipinski definition) is 4. The first-order chi connectivity index (χ1) is 10.9. The van der Waals surface area contributed by atoms with E-state index in [1.54, 1.807) is 31.2 Å². The highest BCUT2D eigenvalue weighted by molar-refractivity contribution is 6.42. The van der Waals surface area contributed by atoms with Crippen LogP contribution in [0.2, 0.25) is 15.1 Å². The van der Waals surface area contributed by atoms with Crippen LogP contribution in [-0.4, -0.2) is 27.7 Å². The van der Waals surface area contributed by atoms with E-state index in [0.717, 1.165) is 0 Å². The second-order valence-corrected chi connectivity index (χ2v) is 5.97. The van der Waals surface area contributed by atoms with Crippen molar-refractivity contribution in [2.45, 2.75) is 6.92 Å². The first-order valence-corrected chi connectivity index (χ1v) is 7.65. The van der Waals surface area contributed by atoms with Crippen molar-refractivity contribution in [3.05, 3.63) is 50.7 Å². The molecule has 0 aliphatic rings. The molecule has 0 aliphatic heterocycles. The van der Waals surface area contributed by atoms with Gasteiger partial charge in [-0.2, -0.15) is 5.10 Å². The molecule has 0 amide bonds. The van der Waals surface area contributed by atoms with Crippen LogP contribution in [0, 0.1) is 6.92 Å². The molecule has 3 aromatic rings. The van der Waals surface area contributed by atoms with Gasteiger partial charge in [0.05, 0.1) is 28.5 Å². The van der Waals surface area contributed by atoms with Crippen molar-refractivity contribution in [2.24, 2.45) is 0 Å². The normalized spacial score (nSPS) is 11.0. The molecular formula is C15H10Cl3N3O2. The van der Waals surface area contributed by atoms with Crippen molar-refractivity contribution in [1.29, 1.82) is 0 Å². The second-order valence-electron chi connectivity index (χ2n) is 4.78. The van der Waals surface area contributed by atoms with E-state index in [1.807, 2.05) is 0 Å². The third-order valence-corrected chi connectivity index (χ3v) is 4.48. The van der Waals surface area contributed by atoms with Gasteiger partial charge in [0.1, 0.15) is 5.02 Å². The van der Waals surface area contributed by atoms with Crippen LogP contribution in [0.4, 0.5) is 0 Å². The molecule has 3 rings (SSSR count). The third-order valence-electron chi connectivity index (χ3n) is 3.30. The Hall–Kier alpha value is -1.82. The fourth-order valence-electron chi connectivity index (χ4n) is 2.15. The SMILES string of the molecule is COC(=O)c1cc(-c2ccc(Cl)c(Cl)c2)nc2c(Cl)c(C)nn12. The summed E-state index contributed by atoms with van der Waals surface area (Å²) in [6.45, 7) is 1.73. The van der Waals surface area contributed by atoms with E-state index in [0.29, 0.717) is 37.7 Å². The van der Waals surface area contributed by atoms with E-state index in [4.69, 9.17) is 39.5 Å². The number of methoxy groups -OCH3 is 1. The predicted octanol–water partition coefficient (Wildman–Crippen LogP) is 4.45. The summed E-state index contributed by atoms with van der Waals surface area (Å²) in [5.41, 5.74) is 2.36. The Kier molecular flexibility index (Phi) is 4.19. The molecule has 1 aromatic carbocycles. The molecule has 0 N–H and O–H groups in total. The number of benzene rings is 1. The first-order valence-electron chi connectivity index (χ1n) is 6.52. The van der Waals surface area contributed by atoms with Crippen molar-refractivity contribution in [1.82, 2.24) is 14.6 Å². The van der Waals surface area contributed by atoms with Gasteiger partial charge in [-0.25, -0.2) is 14.3 Å². The van der Waals surface area contributed by atoms with E-state index < -0.39 is 5.97 Å². The van der Waals surface area contributed by atoms with Crippen molar-refractivity contribution in [2.75, 3.05) is 7.11 Å². The summed E-state index contributed by atoms with van der Waals surface area (Å²) in [5.74, 6) is -0.544. The van der Waals surface area contributed by atoms with Gasteiger partial charge in [0.25, 0.3) is 0 Å². The van der Waals surface area contributed by atoms with Gasteiger partial charge in [0.15, 0.2) is 11.3 Å². The Morgan fingerprint density at radius 1 is 1.17 bits per heavy atom. The smallest absolute Gasteiger partial charge is 0.356 e. The molecule has 0 radical (unpaired) electrons. The number of halogens is 3. The summed E-state index contributed by atoms with van der Waals surface area (Å²) in [6.07, 6.45) is 0. The highest BCUT2D eigenvalue weighted by Crippen LogP contribution is 2.30. The molecule has 0 saturated heterocycles. The van der Waals surface area contributed by atoms with Crippen LogP contribution in [0.15, 0.2) is 24.3 Å². The molecule has 0 fully saturated rings. The summed E-state index contributed by atoms with van der Waals surface area (Å²) in [6, 6.07) is 6.65. The number of fused-ring (bicyclic) bond motifs is 1. The van der Waals surface area contributed by atoms with Crippen LogP contribution < -0.4 is 0 Å². The number of rotatable bonds is 2. The second kappa shape index (κ2) is 6.00. The van der Waals surface area contributed by atoms with Gasteiger partial charge in [-0.1, -0.05) is 40.9 Å². The zero-order chi connectivity index (χ0) is 16.7. The Morgan fingerprint density at radius 2 is 1.91 bits per heavy atom. The zero-order valence-corrected chi connectivity index (χ0v) is 14.4. The minimum absolute atomic E-state index is 0.216. The Morgan fingerprint density at radius 3 is 2.57 bits per heavy atom. The molecule has 2 heterocycles. The maximum atomic E-state index is 12.1. The van der Waals surface area contributed by atoms with E-state index >= 15 is 0 Å². The molecule has 0 atom stereocenters. The third kappa shape index (κ3) is 2.76. The lowest BCUT2D eigenvalue weighted by atomic mass is 10.1.